The summed E-state index contributed by atoms with van der Waals surface area (Å²) in [6, 6.07) is 9.44. The van der Waals surface area contributed by atoms with Gasteiger partial charge in [-0.3, -0.25) is 0 Å². The van der Waals surface area contributed by atoms with Gasteiger partial charge in [-0.1, -0.05) is 45.0 Å². The van der Waals surface area contributed by atoms with Crippen molar-refractivity contribution in [2.45, 2.75) is 39.2 Å². The fourth-order valence-corrected chi connectivity index (χ4v) is 3.29. The number of hydrogen-bond acceptors (Lipinski definition) is 3. The molecular formula is C17H25N3. The van der Waals surface area contributed by atoms with Crippen LogP contribution in [0.3, 0.4) is 0 Å². The lowest BCUT2D eigenvalue weighted by atomic mass is 9.86. The van der Waals surface area contributed by atoms with Crippen LogP contribution < -0.4 is 5.43 Å². The lowest BCUT2D eigenvalue weighted by Crippen LogP contribution is -2.41. The lowest BCUT2D eigenvalue weighted by Gasteiger charge is -2.32. The third-order valence-electron chi connectivity index (χ3n) is 4.73. The third-order valence-corrected chi connectivity index (χ3v) is 4.73. The Labute approximate surface area is 122 Å². The minimum Gasteiger partial charge on any atom is -0.302 e. The van der Waals surface area contributed by atoms with Crippen molar-refractivity contribution >= 4 is 5.71 Å². The molecule has 1 N–H and O–H groups in total. The Morgan fingerprint density at radius 2 is 2.05 bits per heavy atom. The van der Waals surface area contributed by atoms with Crippen LogP contribution in [0.1, 0.15) is 50.3 Å². The number of nitrogens with zero attached hydrogens (tertiary/aromatic N) is 2. The van der Waals surface area contributed by atoms with Gasteiger partial charge >= 0.3 is 0 Å². The highest BCUT2D eigenvalue weighted by atomic mass is 15.4. The van der Waals surface area contributed by atoms with Crippen molar-refractivity contribution in [3.8, 4) is 0 Å². The van der Waals surface area contributed by atoms with Gasteiger partial charge in [-0.05, 0) is 23.6 Å². The summed E-state index contributed by atoms with van der Waals surface area (Å²) < 4.78 is 0. The fraction of sp³-hybridized carbons (Fsp3) is 0.588. The predicted octanol–water partition coefficient (Wildman–Crippen LogP) is 3.15. The maximum Gasteiger partial charge on any atom is 0.0782 e. The van der Waals surface area contributed by atoms with Gasteiger partial charge in [-0.15, -0.1) is 0 Å². The molecule has 2 atom stereocenters. The summed E-state index contributed by atoms with van der Waals surface area (Å²) in [5.74, 6) is 1.14. The zero-order chi connectivity index (χ0) is 14.1. The van der Waals surface area contributed by atoms with Crippen LogP contribution in [-0.2, 0) is 0 Å². The Morgan fingerprint density at radius 3 is 2.70 bits per heavy atom. The highest BCUT2D eigenvalue weighted by Crippen LogP contribution is 2.32. The zero-order valence-corrected chi connectivity index (χ0v) is 12.8. The fourth-order valence-electron chi connectivity index (χ4n) is 3.29. The molecule has 3 heteroatoms. The van der Waals surface area contributed by atoms with Gasteiger partial charge in [-0.2, -0.15) is 5.10 Å². The summed E-state index contributed by atoms with van der Waals surface area (Å²) in [5, 5.41) is 4.58. The Morgan fingerprint density at radius 1 is 1.30 bits per heavy atom. The van der Waals surface area contributed by atoms with Crippen LogP contribution in [0.25, 0.3) is 0 Å². The van der Waals surface area contributed by atoms with Gasteiger partial charge in [0.05, 0.1) is 6.04 Å². The van der Waals surface area contributed by atoms with Crippen molar-refractivity contribution in [1.82, 2.24) is 10.3 Å². The minimum absolute atomic E-state index is 0.362. The summed E-state index contributed by atoms with van der Waals surface area (Å²) in [6.45, 7) is 10.2. The molecule has 0 aliphatic carbocycles. The van der Waals surface area contributed by atoms with Gasteiger partial charge in [-0.25, -0.2) is 0 Å². The number of fused-ring (bicyclic) bond motifs is 1. The molecule has 1 aromatic rings. The van der Waals surface area contributed by atoms with Gasteiger partial charge < -0.3 is 10.3 Å². The molecular weight excluding hydrogens is 246 g/mol. The van der Waals surface area contributed by atoms with Crippen molar-refractivity contribution in [2.75, 3.05) is 19.6 Å². The van der Waals surface area contributed by atoms with Crippen molar-refractivity contribution in [3.05, 3.63) is 35.4 Å². The molecule has 2 heterocycles. The van der Waals surface area contributed by atoms with Gasteiger partial charge in [0.25, 0.3) is 0 Å². The van der Waals surface area contributed by atoms with Crippen LogP contribution in [-0.4, -0.2) is 30.2 Å². The largest absolute Gasteiger partial charge is 0.302 e. The van der Waals surface area contributed by atoms with E-state index in [0.29, 0.717) is 17.9 Å². The maximum absolute atomic E-state index is 4.58. The Kier molecular flexibility index (Phi) is 3.79. The van der Waals surface area contributed by atoms with E-state index in [1.807, 2.05) is 0 Å². The van der Waals surface area contributed by atoms with Crippen LogP contribution >= 0.6 is 0 Å². The molecule has 3 rings (SSSR count). The molecule has 1 aromatic carbocycles. The first-order valence-corrected chi connectivity index (χ1v) is 7.83. The molecule has 0 amide bonds. The van der Waals surface area contributed by atoms with E-state index in [9.17, 15) is 0 Å². The van der Waals surface area contributed by atoms with Gasteiger partial charge in [0.15, 0.2) is 0 Å². The van der Waals surface area contributed by atoms with E-state index < -0.39 is 0 Å². The van der Waals surface area contributed by atoms with E-state index in [4.69, 9.17) is 0 Å². The number of likely N-dealkylation sites (tertiary alicyclic amines) is 1. The summed E-state index contributed by atoms with van der Waals surface area (Å²) in [6.07, 6.45) is 1.12. The molecule has 0 radical (unpaired) electrons. The van der Waals surface area contributed by atoms with Gasteiger partial charge in [0.1, 0.15) is 0 Å². The molecule has 0 bridgehead atoms. The average molecular weight is 271 g/mol. The predicted molar refractivity (Wildman–Crippen MR) is 84.1 cm³/mol. The molecule has 3 nitrogen and oxygen atoms in total. The van der Waals surface area contributed by atoms with Gasteiger partial charge in [0.2, 0.25) is 0 Å². The smallest absolute Gasteiger partial charge is 0.0782 e. The first-order chi connectivity index (χ1) is 9.69. The molecule has 1 fully saturated rings. The van der Waals surface area contributed by atoms with Crippen molar-refractivity contribution in [1.29, 1.82) is 0 Å². The lowest BCUT2D eigenvalue weighted by molar-refractivity contribution is 0.238. The van der Waals surface area contributed by atoms with Crippen LogP contribution in [0.4, 0.5) is 0 Å². The third kappa shape index (κ3) is 2.47. The molecule has 0 saturated carbocycles. The van der Waals surface area contributed by atoms with E-state index in [-0.39, 0.29) is 0 Å². The summed E-state index contributed by atoms with van der Waals surface area (Å²) in [5.41, 5.74) is 7.52. The molecule has 0 aromatic heterocycles. The van der Waals surface area contributed by atoms with E-state index in [1.54, 1.807) is 0 Å². The molecule has 0 spiro atoms. The molecule has 1 saturated heterocycles. The summed E-state index contributed by atoms with van der Waals surface area (Å²) >= 11 is 0. The SMILES string of the molecule is CCN1CCC2=NNC(c3ccc(C(C)C)cc3)C2C1. The van der Waals surface area contributed by atoms with E-state index in [0.717, 1.165) is 26.1 Å². The van der Waals surface area contributed by atoms with Crippen LogP contribution in [0, 0.1) is 5.92 Å². The molecule has 108 valence electrons. The zero-order valence-electron chi connectivity index (χ0n) is 12.8. The molecule has 2 aliphatic rings. The number of hydrazone groups is 1. The Balaban J connectivity index is 1.77. The Bertz CT molecular complexity index is 489. The standard InChI is InChI=1S/C17H25N3/c1-4-20-10-9-16-15(11-20)17(19-18-16)14-7-5-13(6-8-14)12(2)3/h5-8,12,15,17,19H,4,9-11H2,1-3H3. The number of rotatable bonds is 3. The average Bonchev–Trinajstić information content (AvgIpc) is 2.90. The van der Waals surface area contributed by atoms with Crippen LogP contribution in [0.5, 0.6) is 0 Å². The van der Waals surface area contributed by atoms with Crippen molar-refractivity contribution in [3.63, 3.8) is 0 Å². The highest BCUT2D eigenvalue weighted by Gasteiger charge is 2.36. The first-order valence-electron chi connectivity index (χ1n) is 7.83. The monoisotopic (exact) mass is 271 g/mol. The second kappa shape index (κ2) is 5.57. The Hall–Kier alpha value is -1.35. The second-order valence-electron chi connectivity index (χ2n) is 6.28. The maximum atomic E-state index is 4.58. The summed E-state index contributed by atoms with van der Waals surface area (Å²) in [7, 11) is 0. The topological polar surface area (TPSA) is 27.6 Å². The van der Waals surface area contributed by atoms with E-state index >= 15 is 0 Å². The first kappa shape index (κ1) is 13.6. The van der Waals surface area contributed by atoms with Gasteiger partial charge in [0, 0.05) is 31.1 Å². The van der Waals surface area contributed by atoms with Crippen molar-refractivity contribution < 1.29 is 0 Å². The summed E-state index contributed by atoms with van der Waals surface area (Å²) in [4.78, 5) is 2.53. The quantitative estimate of drug-likeness (QED) is 0.914. The minimum atomic E-state index is 0.362. The highest BCUT2D eigenvalue weighted by molar-refractivity contribution is 5.89. The van der Waals surface area contributed by atoms with E-state index in [2.05, 4.69) is 60.5 Å². The second-order valence-corrected chi connectivity index (χ2v) is 6.28. The van der Waals surface area contributed by atoms with Crippen molar-refractivity contribution in [2.24, 2.45) is 11.0 Å². The van der Waals surface area contributed by atoms with E-state index in [1.165, 1.54) is 16.8 Å². The molecule has 2 unspecified atom stereocenters. The van der Waals surface area contributed by atoms with Crippen LogP contribution in [0.15, 0.2) is 29.4 Å². The number of piperidine rings is 1. The number of hydrogen-bond donors (Lipinski definition) is 1. The normalized spacial score (nSPS) is 26.3. The number of benzene rings is 1. The molecule has 2 aliphatic heterocycles. The molecule has 20 heavy (non-hydrogen) atoms. The van der Waals surface area contributed by atoms with Crippen LogP contribution in [0.2, 0.25) is 0 Å². The number of nitrogens with one attached hydrogen (secondary N) is 1.